The lowest BCUT2D eigenvalue weighted by Crippen LogP contribution is -2.22. The quantitative estimate of drug-likeness (QED) is 0.407. The summed E-state index contributed by atoms with van der Waals surface area (Å²) >= 11 is 0. The van der Waals surface area contributed by atoms with Crippen LogP contribution in [-0.4, -0.2) is 10.6 Å². The summed E-state index contributed by atoms with van der Waals surface area (Å²) in [6, 6.07) is 18.9. The number of para-hydroxylation sites is 2. The van der Waals surface area contributed by atoms with Gasteiger partial charge in [-0.3, -0.25) is 9.05 Å². The molecule has 0 radical (unpaired) electrons. The molecule has 0 aliphatic rings. The highest BCUT2D eigenvalue weighted by atomic mass is 31.2. The van der Waals surface area contributed by atoms with Crippen LogP contribution in [0.15, 0.2) is 60.7 Å². The van der Waals surface area contributed by atoms with Crippen molar-refractivity contribution in [2.75, 3.05) is 0 Å². The number of hydrogen-bond acceptors (Lipinski definition) is 3. The SMILES string of the molecule is CCCCCC(CC)[P+](O)(Oc1ccccc1)Oc1ccccc1. The predicted octanol–water partition coefficient (Wildman–Crippen LogP) is 6.26. The van der Waals surface area contributed by atoms with Crippen LogP contribution in [0.25, 0.3) is 0 Å². The average molecular weight is 347 g/mol. The molecular weight excluding hydrogens is 319 g/mol. The largest absolute Gasteiger partial charge is 0.498 e. The van der Waals surface area contributed by atoms with Crippen LogP contribution in [0.3, 0.4) is 0 Å². The van der Waals surface area contributed by atoms with Crippen LogP contribution in [0.1, 0.15) is 46.0 Å². The molecular formula is C20H28O3P+. The van der Waals surface area contributed by atoms with Crippen LogP contribution >= 0.6 is 7.94 Å². The maximum absolute atomic E-state index is 11.3. The first-order valence-electron chi connectivity index (χ1n) is 8.78. The maximum Gasteiger partial charge on any atom is 0.498 e. The third-order valence-electron chi connectivity index (χ3n) is 4.03. The third kappa shape index (κ3) is 5.51. The minimum Gasteiger partial charge on any atom is -0.278 e. The Morgan fingerprint density at radius 1 is 0.833 bits per heavy atom. The van der Waals surface area contributed by atoms with Gasteiger partial charge in [0.2, 0.25) is 0 Å². The van der Waals surface area contributed by atoms with Crippen molar-refractivity contribution in [2.24, 2.45) is 0 Å². The van der Waals surface area contributed by atoms with E-state index in [4.69, 9.17) is 9.05 Å². The highest BCUT2D eigenvalue weighted by Crippen LogP contribution is 2.62. The first-order valence-corrected chi connectivity index (χ1v) is 10.4. The normalized spacial score (nSPS) is 12.6. The fourth-order valence-corrected chi connectivity index (χ4v) is 4.81. The van der Waals surface area contributed by atoms with Crippen molar-refractivity contribution < 1.29 is 13.9 Å². The topological polar surface area (TPSA) is 38.7 Å². The van der Waals surface area contributed by atoms with Gasteiger partial charge in [0, 0.05) is 0 Å². The van der Waals surface area contributed by atoms with Gasteiger partial charge in [-0.05, 0) is 43.5 Å². The van der Waals surface area contributed by atoms with E-state index in [0.29, 0.717) is 11.5 Å². The van der Waals surface area contributed by atoms with Crippen molar-refractivity contribution >= 4 is 7.94 Å². The van der Waals surface area contributed by atoms with Crippen molar-refractivity contribution in [3.8, 4) is 11.5 Å². The van der Waals surface area contributed by atoms with Gasteiger partial charge in [-0.2, -0.15) is 4.89 Å². The molecule has 2 aromatic rings. The molecule has 1 N–H and O–H groups in total. The standard InChI is InChI=1S/C20H28O3P/c1-3-5-8-17-20(4-2)24(21,22-18-13-9-6-10-14-18)23-19-15-11-7-12-16-19/h6-7,9-16,20-21H,3-5,8,17H2,1-2H3/q+1. The Morgan fingerprint density at radius 3 is 1.75 bits per heavy atom. The molecule has 4 heteroatoms. The highest BCUT2D eigenvalue weighted by Gasteiger charge is 2.51. The summed E-state index contributed by atoms with van der Waals surface area (Å²) in [5.41, 5.74) is 0.00413. The van der Waals surface area contributed by atoms with Crippen LogP contribution in [0.5, 0.6) is 11.5 Å². The van der Waals surface area contributed by atoms with Crippen LogP contribution in [0.4, 0.5) is 0 Å². The van der Waals surface area contributed by atoms with Gasteiger partial charge in [-0.25, -0.2) is 0 Å². The molecule has 0 aliphatic heterocycles. The number of benzene rings is 2. The molecule has 24 heavy (non-hydrogen) atoms. The Kier molecular flexibility index (Phi) is 7.55. The summed E-state index contributed by atoms with van der Waals surface area (Å²) < 4.78 is 12.1. The van der Waals surface area contributed by atoms with Crippen LogP contribution in [-0.2, 0) is 0 Å². The Hall–Kier alpha value is -1.57. The van der Waals surface area contributed by atoms with Gasteiger partial charge >= 0.3 is 7.94 Å². The van der Waals surface area contributed by atoms with Crippen molar-refractivity contribution in [1.82, 2.24) is 0 Å². The van der Waals surface area contributed by atoms with Gasteiger partial charge in [0.05, 0.1) is 0 Å². The third-order valence-corrected chi connectivity index (χ3v) is 6.52. The summed E-state index contributed by atoms with van der Waals surface area (Å²) in [6.07, 6.45) is 5.13. The van der Waals surface area contributed by atoms with E-state index in [1.807, 2.05) is 60.7 Å². The second kappa shape index (κ2) is 9.66. The van der Waals surface area contributed by atoms with E-state index in [-0.39, 0.29) is 5.66 Å². The molecule has 0 aliphatic carbocycles. The zero-order valence-corrected chi connectivity index (χ0v) is 15.5. The molecule has 1 unspecified atom stereocenters. The summed E-state index contributed by atoms with van der Waals surface area (Å²) in [4.78, 5) is 11.3. The summed E-state index contributed by atoms with van der Waals surface area (Å²) in [5, 5.41) is 0. The van der Waals surface area contributed by atoms with Crippen molar-refractivity contribution in [3.05, 3.63) is 60.7 Å². The lowest BCUT2D eigenvalue weighted by atomic mass is 10.1. The van der Waals surface area contributed by atoms with E-state index in [1.54, 1.807) is 0 Å². The minimum atomic E-state index is -3.06. The number of rotatable bonds is 10. The zero-order valence-electron chi connectivity index (χ0n) is 14.6. The summed E-state index contributed by atoms with van der Waals surface area (Å²) in [7, 11) is -3.06. The van der Waals surface area contributed by atoms with Crippen molar-refractivity contribution in [2.45, 2.75) is 51.6 Å². The van der Waals surface area contributed by atoms with Gasteiger partial charge in [0.25, 0.3) is 0 Å². The molecule has 2 aromatic carbocycles. The smallest absolute Gasteiger partial charge is 0.278 e. The van der Waals surface area contributed by atoms with Gasteiger partial charge in [-0.1, -0.05) is 63.1 Å². The van der Waals surface area contributed by atoms with Crippen LogP contribution in [0.2, 0.25) is 0 Å². The van der Waals surface area contributed by atoms with E-state index in [1.165, 1.54) is 0 Å². The fourth-order valence-electron chi connectivity index (χ4n) is 2.66. The molecule has 0 heterocycles. The number of hydrogen-bond donors (Lipinski definition) is 1. The van der Waals surface area contributed by atoms with E-state index >= 15 is 0 Å². The van der Waals surface area contributed by atoms with Gasteiger partial charge < -0.3 is 0 Å². The molecule has 0 aromatic heterocycles. The lowest BCUT2D eigenvalue weighted by molar-refractivity contribution is 0.324. The second-order valence-corrected chi connectivity index (χ2v) is 8.15. The molecule has 0 saturated carbocycles. The maximum atomic E-state index is 11.3. The molecule has 0 saturated heterocycles. The summed E-state index contributed by atoms with van der Waals surface area (Å²) in [6.45, 7) is 4.27. The molecule has 0 spiro atoms. The van der Waals surface area contributed by atoms with E-state index < -0.39 is 7.94 Å². The molecule has 0 fully saturated rings. The molecule has 0 bridgehead atoms. The first-order chi connectivity index (χ1) is 11.7. The second-order valence-electron chi connectivity index (χ2n) is 5.93. The van der Waals surface area contributed by atoms with Gasteiger partial charge in [-0.15, -0.1) is 0 Å². The molecule has 3 nitrogen and oxygen atoms in total. The molecule has 0 amide bonds. The summed E-state index contributed by atoms with van der Waals surface area (Å²) in [5.74, 6) is 1.30. The monoisotopic (exact) mass is 347 g/mol. The van der Waals surface area contributed by atoms with Crippen LogP contribution in [0, 0.1) is 0 Å². The Labute approximate surface area is 146 Å². The predicted molar refractivity (Wildman–Crippen MR) is 101 cm³/mol. The Morgan fingerprint density at radius 2 is 1.33 bits per heavy atom. The van der Waals surface area contributed by atoms with E-state index in [2.05, 4.69) is 13.8 Å². The first kappa shape index (κ1) is 18.8. The van der Waals surface area contributed by atoms with Gasteiger partial charge in [0.15, 0.2) is 17.2 Å². The Balaban J connectivity index is 2.21. The average Bonchev–Trinajstić information content (AvgIpc) is 2.60. The van der Waals surface area contributed by atoms with E-state index in [0.717, 1.165) is 32.1 Å². The van der Waals surface area contributed by atoms with Gasteiger partial charge in [0.1, 0.15) is 0 Å². The van der Waals surface area contributed by atoms with Crippen molar-refractivity contribution in [1.29, 1.82) is 0 Å². The zero-order chi connectivity index (χ0) is 17.3. The molecule has 130 valence electrons. The molecule has 1 atom stereocenters. The lowest BCUT2D eigenvalue weighted by Gasteiger charge is -2.25. The fraction of sp³-hybridized carbons (Fsp3) is 0.400. The van der Waals surface area contributed by atoms with E-state index in [9.17, 15) is 4.89 Å². The van der Waals surface area contributed by atoms with Crippen LogP contribution < -0.4 is 9.05 Å². The Bertz CT molecular complexity index is 532. The number of unbranched alkanes of at least 4 members (excludes halogenated alkanes) is 2. The highest BCUT2D eigenvalue weighted by molar-refractivity contribution is 7.62. The minimum absolute atomic E-state index is 0.00413. The molecule has 2 rings (SSSR count). The van der Waals surface area contributed by atoms with Crippen molar-refractivity contribution in [3.63, 3.8) is 0 Å².